The van der Waals surface area contributed by atoms with E-state index in [0.29, 0.717) is 29.6 Å². The lowest BCUT2D eigenvalue weighted by Gasteiger charge is -2.29. The van der Waals surface area contributed by atoms with Crippen molar-refractivity contribution in [1.29, 1.82) is 0 Å². The fraction of sp³-hybridized carbons (Fsp3) is 0.174. The smallest absolute Gasteiger partial charge is 0.261 e. The number of carbonyl (C=O) groups is 3. The molecule has 5 heteroatoms. The molecular weight excluding hydrogens is 352 g/mol. The molecule has 1 heterocycles. The van der Waals surface area contributed by atoms with Crippen molar-refractivity contribution >= 4 is 28.5 Å². The van der Waals surface area contributed by atoms with E-state index < -0.39 is 11.8 Å². The molecule has 0 aliphatic carbocycles. The molecule has 0 fully saturated rings. The third kappa shape index (κ3) is 3.05. The van der Waals surface area contributed by atoms with Crippen LogP contribution in [0.15, 0.2) is 66.7 Å². The Balaban J connectivity index is 1.60. The molecule has 0 atom stereocenters. The van der Waals surface area contributed by atoms with Crippen LogP contribution in [-0.2, 0) is 11.3 Å². The first-order valence-corrected chi connectivity index (χ1v) is 9.29. The molecule has 0 aromatic heterocycles. The van der Waals surface area contributed by atoms with E-state index in [4.69, 9.17) is 0 Å². The van der Waals surface area contributed by atoms with Gasteiger partial charge in [0.25, 0.3) is 11.8 Å². The first-order valence-electron chi connectivity index (χ1n) is 9.29. The molecule has 3 aromatic rings. The van der Waals surface area contributed by atoms with Crippen LogP contribution in [0.3, 0.4) is 0 Å². The highest BCUT2D eigenvalue weighted by Gasteiger charge is 2.34. The fourth-order valence-corrected chi connectivity index (χ4v) is 3.64. The number of nitrogens with zero attached hydrogens (tertiary/aromatic N) is 2. The Labute approximate surface area is 163 Å². The summed E-state index contributed by atoms with van der Waals surface area (Å²) in [5.41, 5.74) is 1.93. The van der Waals surface area contributed by atoms with E-state index in [-0.39, 0.29) is 12.5 Å². The van der Waals surface area contributed by atoms with Crippen LogP contribution in [0.5, 0.6) is 0 Å². The van der Waals surface area contributed by atoms with Gasteiger partial charge in [-0.3, -0.25) is 19.3 Å². The molecule has 0 bridgehead atoms. The number of imide groups is 1. The second-order valence-corrected chi connectivity index (χ2v) is 6.80. The average molecular weight is 372 g/mol. The summed E-state index contributed by atoms with van der Waals surface area (Å²) in [6.45, 7) is 2.56. The highest BCUT2D eigenvalue weighted by atomic mass is 16.2. The number of amides is 3. The SMILES string of the molecule is CCN(Cc1ccccc1)C(=O)CN1C(=O)c2cccc3cccc(c23)C1=O. The lowest BCUT2D eigenvalue weighted by molar-refractivity contribution is -0.131. The first kappa shape index (κ1) is 17.9. The summed E-state index contributed by atoms with van der Waals surface area (Å²) < 4.78 is 0. The molecule has 0 radical (unpaired) electrons. The van der Waals surface area contributed by atoms with Gasteiger partial charge in [0, 0.05) is 29.6 Å². The number of likely N-dealkylation sites (N-methyl/N-ethyl adjacent to an activating group) is 1. The Hall–Kier alpha value is -3.47. The molecule has 28 heavy (non-hydrogen) atoms. The monoisotopic (exact) mass is 372 g/mol. The van der Waals surface area contributed by atoms with Gasteiger partial charge in [0.05, 0.1) is 0 Å². The summed E-state index contributed by atoms with van der Waals surface area (Å²) in [5.74, 6) is -1.09. The van der Waals surface area contributed by atoms with E-state index in [2.05, 4.69) is 0 Å². The maximum atomic E-state index is 13.0. The molecule has 3 amide bonds. The van der Waals surface area contributed by atoms with Crippen molar-refractivity contribution in [3.63, 3.8) is 0 Å². The van der Waals surface area contributed by atoms with Crippen LogP contribution in [0.25, 0.3) is 10.8 Å². The number of hydrogen-bond donors (Lipinski definition) is 0. The van der Waals surface area contributed by atoms with E-state index in [1.807, 2.05) is 49.4 Å². The van der Waals surface area contributed by atoms with Crippen molar-refractivity contribution in [1.82, 2.24) is 9.80 Å². The van der Waals surface area contributed by atoms with Gasteiger partial charge in [0.2, 0.25) is 5.91 Å². The quantitative estimate of drug-likeness (QED) is 0.644. The van der Waals surface area contributed by atoms with Crippen molar-refractivity contribution in [2.45, 2.75) is 13.5 Å². The van der Waals surface area contributed by atoms with E-state index in [1.54, 1.807) is 29.2 Å². The largest absolute Gasteiger partial charge is 0.337 e. The summed E-state index contributed by atoms with van der Waals surface area (Å²) in [6.07, 6.45) is 0. The lowest BCUT2D eigenvalue weighted by atomic mass is 9.94. The Kier molecular flexibility index (Phi) is 4.65. The molecule has 1 aliphatic rings. The predicted molar refractivity (Wildman–Crippen MR) is 107 cm³/mol. The van der Waals surface area contributed by atoms with Gasteiger partial charge in [-0.05, 0) is 30.0 Å². The molecular formula is C23H20N2O3. The van der Waals surface area contributed by atoms with E-state index in [0.717, 1.165) is 15.8 Å². The molecule has 0 saturated carbocycles. The topological polar surface area (TPSA) is 57.7 Å². The summed E-state index contributed by atoms with van der Waals surface area (Å²) in [4.78, 5) is 41.5. The lowest BCUT2D eigenvalue weighted by Crippen LogP contribution is -2.47. The van der Waals surface area contributed by atoms with Crippen molar-refractivity contribution in [3.05, 3.63) is 83.4 Å². The number of hydrogen-bond acceptors (Lipinski definition) is 3. The molecule has 0 spiro atoms. The maximum absolute atomic E-state index is 13.0. The zero-order chi connectivity index (χ0) is 19.7. The van der Waals surface area contributed by atoms with Gasteiger partial charge in [-0.25, -0.2) is 0 Å². The van der Waals surface area contributed by atoms with Crippen LogP contribution in [0.2, 0.25) is 0 Å². The molecule has 4 rings (SSSR count). The van der Waals surface area contributed by atoms with Gasteiger partial charge in [0.1, 0.15) is 6.54 Å². The molecule has 140 valence electrons. The van der Waals surface area contributed by atoms with Crippen LogP contribution in [-0.4, -0.2) is 40.6 Å². The summed E-state index contributed by atoms with van der Waals surface area (Å²) in [7, 11) is 0. The second-order valence-electron chi connectivity index (χ2n) is 6.80. The fourth-order valence-electron chi connectivity index (χ4n) is 3.64. The first-order chi connectivity index (χ1) is 13.6. The summed E-state index contributed by atoms with van der Waals surface area (Å²) in [6, 6.07) is 20.4. The van der Waals surface area contributed by atoms with Crippen molar-refractivity contribution in [2.75, 3.05) is 13.1 Å². The van der Waals surface area contributed by atoms with Gasteiger partial charge in [-0.15, -0.1) is 0 Å². The average Bonchev–Trinajstić information content (AvgIpc) is 2.73. The third-order valence-electron chi connectivity index (χ3n) is 5.10. The molecule has 5 nitrogen and oxygen atoms in total. The maximum Gasteiger partial charge on any atom is 0.261 e. The Bertz CT molecular complexity index is 1020. The van der Waals surface area contributed by atoms with Gasteiger partial charge < -0.3 is 4.90 Å². The van der Waals surface area contributed by atoms with E-state index >= 15 is 0 Å². The highest BCUT2D eigenvalue weighted by molar-refractivity contribution is 6.26. The van der Waals surface area contributed by atoms with E-state index in [1.165, 1.54) is 0 Å². The third-order valence-corrected chi connectivity index (χ3v) is 5.10. The molecule has 0 unspecified atom stereocenters. The highest BCUT2D eigenvalue weighted by Crippen LogP contribution is 2.29. The van der Waals surface area contributed by atoms with E-state index in [9.17, 15) is 14.4 Å². The van der Waals surface area contributed by atoms with Crippen molar-refractivity contribution in [2.24, 2.45) is 0 Å². The minimum absolute atomic E-state index is 0.250. The standard InChI is InChI=1S/C23H20N2O3/c1-2-24(14-16-8-4-3-5-9-16)20(26)15-25-22(27)18-12-6-10-17-11-7-13-19(21(17)18)23(25)28/h3-13H,2,14-15H2,1H3. The zero-order valence-electron chi connectivity index (χ0n) is 15.6. The van der Waals surface area contributed by atoms with Gasteiger partial charge >= 0.3 is 0 Å². The normalized spacial score (nSPS) is 13.1. The van der Waals surface area contributed by atoms with Gasteiger partial charge in [-0.1, -0.05) is 54.6 Å². The van der Waals surface area contributed by atoms with Crippen LogP contribution in [0.1, 0.15) is 33.2 Å². The number of rotatable bonds is 5. The van der Waals surface area contributed by atoms with Crippen LogP contribution in [0.4, 0.5) is 0 Å². The molecule has 0 saturated heterocycles. The van der Waals surface area contributed by atoms with Crippen LogP contribution < -0.4 is 0 Å². The van der Waals surface area contributed by atoms with Crippen molar-refractivity contribution in [3.8, 4) is 0 Å². The minimum atomic E-state index is -0.418. The predicted octanol–water partition coefficient (Wildman–Crippen LogP) is 3.48. The van der Waals surface area contributed by atoms with Crippen LogP contribution in [0, 0.1) is 0 Å². The molecule has 3 aromatic carbocycles. The Morgan fingerprint density at radius 3 is 2.04 bits per heavy atom. The van der Waals surface area contributed by atoms with Gasteiger partial charge in [-0.2, -0.15) is 0 Å². The number of benzene rings is 3. The Morgan fingerprint density at radius 1 is 0.857 bits per heavy atom. The molecule has 1 aliphatic heterocycles. The van der Waals surface area contributed by atoms with Gasteiger partial charge in [0.15, 0.2) is 0 Å². The zero-order valence-corrected chi connectivity index (χ0v) is 15.6. The minimum Gasteiger partial charge on any atom is -0.337 e. The van der Waals surface area contributed by atoms with Crippen LogP contribution >= 0.6 is 0 Å². The number of carbonyl (C=O) groups excluding carboxylic acids is 3. The summed E-state index contributed by atoms with van der Waals surface area (Å²) >= 11 is 0. The van der Waals surface area contributed by atoms with Crippen molar-refractivity contribution < 1.29 is 14.4 Å². The summed E-state index contributed by atoms with van der Waals surface area (Å²) in [5, 5.41) is 1.52. The second kappa shape index (κ2) is 7.27. The molecule has 0 N–H and O–H groups in total. The Morgan fingerprint density at radius 2 is 1.46 bits per heavy atom.